The molecule has 2 aromatic rings. The van der Waals surface area contributed by atoms with Gasteiger partial charge in [-0.3, -0.25) is 4.79 Å². The highest BCUT2D eigenvalue weighted by atomic mass is 16.5. The van der Waals surface area contributed by atoms with Crippen LogP contribution in [-0.2, 0) is 16.0 Å². The molecule has 0 saturated heterocycles. The van der Waals surface area contributed by atoms with Gasteiger partial charge in [-0.15, -0.1) is 0 Å². The minimum absolute atomic E-state index is 0.0270. The maximum Gasteiger partial charge on any atom is 0.336 e. The predicted octanol–water partition coefficient (Wildman–Crippen LogP) is 1.08. The summed E-state index contributed by atoms with van der Waals surface area (Å²) in [5.41, 5.74) is 1.57. The molecular weight excluding hydrogens is 338 g/mol. The molecule has 0 radical (unpaired) electrons. The summed E-state index contributed by atoms with van der Waals surface area (Å²) in [4.78, 5) is 34.2. The number of carbonyl (C=O) groups excluding carboxylic acids is 2. The van der Waals surface area contributed by atoms with Crippen molar-refractivity contribution >= 4 is 22.8 Å². The number of nitrogens with one attached hydrogen (secondary N) is 1. The van der Waals surface area contributed by atoms with Gasteiger partial charge < -0.3 is 24.4 Å². The van der Waals surface area contributed by atoms with Gasteiger partial charge in [0.05, 0.1) is 0 Å². The van der Waals surface area contributed by atoms with E-state index in [1.807, 2.05) is 13.0 Å². The smallest absolute Gasteiger partial charge is 0.336 e. The number of fused-ring (bicyclic) bond motifs is 1. The van der Waals surface area contributed by atoms with E-state index in [-0.39, 0.29) is 13.0 Å². The Balaban J connectivity index is 2.22. The van der Waals surface area contributed by atoms with Crippen LogP contribution in [0.2, 0.25) is 0 Å². The first-order valence-electron chi connectivity index (χ1n) is 8.54. The Morgan fingerprint density at radius 2 is 2.08 bits per heavy atom. The highest BCUT2D eigenvalue weighted by Gasteiger charge is 2.17. The Hall–Kier alpha value is -2.83. The van der Waals surface area contributed by atoms with E-state index in [9.17, 15) is 19.5 Å². The second-order valence-corrected chi connectivity index (χ2v) is 6.08. The Morgan fingerprint density at radius 3 is 2.73 bits per heavy atom. The summed E-state index contributed by atoms with van der Waals surface area (Å²) in [6.07, 6.45) is 0.565. The van der Waals surface area contributed by atoms with Gasteiger partial charge in [-0.25, -0.2) is 4.79 Å². The van der Waals surface area contributed by atoms with Gasteiger partial charge in [0, 0.05) is 36.0 Å². The minimum Gasteiger partial charge on any atom is -0.550 e. The lowest BCUT2D eigenvalue weighted by atomic mass is 10.0. The number of ether oxygens (including phenoxy) is 1. The number of benzene rings is 1. The van der Waals surface area contributed by atoms with Crippen molar-refractivity contribution < 1.29 is 23.8 Å². The normalized spacial score (nSPS) is 12.0. The fraction of sp³-hybridized carbons (Fsp3) is 0.421. The number of hydrogen-bond acceptors (Lipinski definition) is 6. The second kappa shape index (κ2) is 8.51. The van der Waals surface area contributed by atoms with Crippen LogP contribution < -0.4 is 20.8 Å². The molecule has 1 aromatic heterocycles. The maximum atomic E-state index is 12.0. The first-order chi connectivity index (χ1) is 12.3. The van der Waals surface area contributed by atoms with E-state index in [2.05, 4.69) is 5.32 Å². The van der Waals surface area contributed by atoms with Crippen molar-refractivity contribution in [3.8, 4) is 5.75 Å². The summed E-state index contributed by atoms with van der Waals surface area (Å²) in [6, 6.07) is 5.05. The lowest BCUT2D eigenvalue weighted by Crippen LogP contribution is -2.38. The molecule has 0 aliphatic carbocycles. The lowest BCUT2D eigenvalue weighted by Gasteiger charge is -2.17. The van der Waals surface area contributed by atoms with Crippen molar-refractivity contribution in [2.45, 2.75) is 46.1 Å². The second-order valence-electron chi connectivity index (χ2n) is 6.08. The summed E-state index contributed by atoms with van der Waals surface area (Å²) in [5, 5.41) is 13.7. The molecular formula is C19H22NO6-. The predicted molar refractivity (Wildman–Crippen MR) is 93.9 cm³/mol. The first-order valence-corrected chi connectivity index (χ1v) is 8.54. The Labute approximate surface area is 151 Å². The van der Waals surface area contributed by atoms with Crippen LogP contribution in [-0.4, -0.2) is 24.5 Å². The van der Waals surface area contributed by atoms with Crippen LogP contribution in [0, 0.1) is 6.92 Å². The third kappa shape index (κ3) is 4.62. The van der Waals surface area contributed by atoms with Crippen molar-refractivity contribution in [3.05, 3.63) is 39.7 Å². The van der Waals surface area contributed by atoms with Gasteiger partial charge in [-0.1, -0.05) is 13.3 Å². The molecule has 1 aromatic carbocycles. The largest absolute Gasteiger partial charge is 0.550 e. The molecule has 0 aliphatic rings. The van der Waals surface area contributed by atoms with Crippen LogP contribution >= 0.6 is 0 Å². The summed E-state index contributed by atoms with van der Waals surface area (Å²) in [7, 11) is 0. The molecule has 26 heavy (non-hydrogen) atoms. The third-order valence-corrected chi connectivity index (χ3v) is 4.02. The number of aliphatic carboxylic acids is 1. The molecule has 1 heterocycles. The zero-order chi connectivity index (χ0) is 19.3. The number of carboxylic acids is 1. The summed E-state index contributed by atoms with van der Waals surface area (Å²) < 4.78 is 11.0. The standard InChI is InChI=1S/C19H23NO6/c1-4-5-13-10-17(23)26-18-11(2)15(7-6-14(13)18)25-12(3)19(24)20-9-8-16(21)22/h6-7,10,12H,4-5,8-9H2,1-3H3,(H,20,24)(H,21,22)/p-1/t12-/m0/s1. The molecule has 140 valence electrons. The van der Waals surface area contributed by atoms with Gasteiger partial charge in [0.25, 0.3) is 5.91 Å². The molecule has 1 N–H and O–H groups in total. The van der Waals surface area contributed by atoms with Crippen LogP contribution in [0.3, 0.4) is 0 Å². The summed E-state index contributed by atoms with van der Waals surface area (Å²) >= 11 is 0. The van der Waals surface area contributed by atoms with Gasteiger partial charge in [0.2, 0.25) is 0 Å². The van der Waals surface area contributed by atoms with Gasteiger partial charge in [-0.05, 0) is 38.0 Å². The average molecular weight is 360 g/mol. The van der Waals surface area contributed by atoms with Crippen LogP contribution in [0.5, 0.6) is 5.75 Å². The quantitative estimate of drug-likeness (QED) is 0.706. The molecule has 2 rings (SSSR count). The Morgan fingerprint density at radius 1 is 1.35 bits per heavy atom. The van der Waals surface area contributed by atoms with Crippen molar-refractivity contribution in [1.82, 2.24) is 5.32 Å². The topological polar surface area (TPSA) is 109 Å². The monoisotopic (exact) mass is 360 g/mol. The van der Waals surface area contributed by atoms with Gasteiger partial charge in [0.15, 0.2) is 6.10 Å². The van der Waals surface area contributed by atoms with E-state index in [1.165, 1.54) is 6.07 Å². The average Bonchev–Trinajstić information content (AvgIpc) is 2.57. The van der Waals surface area contributed by atoms with Crippen LogP contribution in [0.1, 0.15) is 37.8 Å². The maximum absolute atomic E-state index is 12.0. The molecule has 0 saturated carbocycles. The number of amides is 1. The molecule has 0 unspecified atom stereocenters. The van der Waals surface area contributed by atoms with Crippen molar-refractivity contribution in [2.75, 3.05) is 6.54 Å². The van der Waals surface area contributed by atoms with Crippen molar-refractivity contribution in [1.29, 1.82) is 0 Å². The highest BCUT2D eigenvalue weighted by molar-refractivity contribution is 5.85. The van der Waals surface area contributed by atoms with Crippen LogP contribution in [0.25, 0.3) is 11.0 Å². The first kappa shape index (κ1) is 19.5. The highest BCUT2D eigenvalue weighted by Crippen LogP contribution is 2.29. The fourth-order valence-corrected chi connectivity index (χ4v) is 2.69. The van der Waals surface area contributed by atoms with E-state index >= 15 is 0 Å². The molecule has 7 heteroatoms. The number of aryl methyl sites for hydroxylation is 2. The minimum atomic E-state index is -1.23. The third-order valence-electron chi connectivity index (χ3n) is 4.02. The van der Waals surface area contributed by atoms with E-state index in [1.54, 1.807) is 19.9 Å². The van der Waals surface area contributed by atoms with E-state index in [4.69, 9.17) is 9.15 Å². The van der Waals surface area contributed by atoms with E-state index < -0.39 is 23.6 Å². The number of rotatable bonds is 8. The van der Waals surface area contributed by atoms with Crippen molar-refractivity contribution in [3.63, 3.8) is 0 Å². The molecule has 1 amide bonds. The molecule has 0 fully saturated rings. The lowest BCUT2D eigenvalue weighted by molar-refractivity contribution is -0.305. The van der Waals surface area contributed by atoms with Crippen LogP contribution in [0.4, 0.5) is 0 Å². The van der Waals surface area contributed by atoms with Crippen molar-refractivity contribution in [2.24, 2.45) is 0 Å². The van der Waals surface area contributed by atoms with Gasteiger partial charge in [-0.2, -0.15) is 0 Å². The Kier molecular flexibility index (Phi) is 6.38. The van der Waals surface area contributed by atoms with Crippen LogP contribution in [0.15, 0.2) is 27.4 Å². The molecule has 0 spiro atoms. The number of hydrogen-bond donors (Lipinski definition) is 1. The summed E-state index contributed by atoms with van der Waals surface area (Å²) in [6.45, 7) is 5.32. The zero-order valence-corrected chi connectivity index (χ0v) is 15.1. The van der Waals surface area contributed by atoms with Gasteiger partial charge >= 0.3 is 5.63 Å². The fourth-order valence-electron chi connectivity index (χ4n) is 2.69. The van der Waals surface area contributed by atoms with Gasteiger partial charge in [0.1, 0.15) is 11.3 Å². The number of carbonyl (C=O) groups is 2. The van der Waals surface area contributed by atoms with E-state index in [0.717, 1.165) is 23.8 Å². The Bertz CT molecular complexity index is 870. The summed E-state index contributed by atoms with van der Waals surface area (Å²) in [5.74, 6) is -1.24. The number of carboxylic acid groups (broad SMARTS) is 1. The molecule has 1 atom stereocenters. The SMILES string of the molecule is CCCc1cc(=O)oc2c(C)c(O[C@@H](C)C(=O)NCCC(=O)[O-])ccc12. The zero-order valence-electron chi connectivity index (χ0n) is 15.1. The molecule has 7 nitrogen and oxygen atoms in total. The van der Waals surface area contributed by atoms with E-state index in [0.29, 0.717) is 16.9 Å². The molecule has 0 aliphatic heterocycles. The molecule has 0 bridgehead atoms.